The molecule has 1 atom stereocenters. The van der Waals surface area contributed by atoms with E-state index in [0.29, 0.717) is 22.5 Å². The quantitative estimate of drug-likeness (QED) is 0.251. The minimum Gasteiger partial charge on any atom is -0.473 e. The van der Waals surface area contributed by atoms with E-state index in [-0.39, 0.29) is 62.5 Å². The number of anilines is 1. The standard InChI is InChI=1S/C28H18Cl2N6O4/c29-24-25(30)35-27-19(34-24)12-32-28(36-27)40-26(31)17-10-11-18(33-13-39-14-6-2-1-3-7-14)21-20(17)22(37)15-8-4-5-9-16(15)23(21)38/h1-12,26,33H,13,31H2. The van der Waals surface area contributed by atoms with Crippen LogP contribution in [-0.2, 0) is 0 Å². The van der Waals surface area contributed by atoms with Gasteiger partial charge in [-0.2, -0.15) is 4.98 Å². The van der Waals surface area contributed by atoms with Gasteiger partial charge in [0.2, 0.25) is 0 Å². The molecule has 0 radical (unpaired) electrons. The molecule has 12 heteroatoms. The maximum atomic E-state index is 13.7. The molecule has 1 aliphatic rings. The lowest BCUT2D eigenvalue weighted by Gasteiger charge is -2.25. The third kappa shape index (κ3) is 4.68. The Bertz CT molecular complexity index is 1800. The summed E-state index contributed by atoms with van der Waals surface area (Å²) in [5.41, 5.74) is 8.41. The van der Waals surface area contributed by atoms with Gasteiger partial charge in [0.25, 0.3) is 0 Å². The fourth-order valence-corrected chi connectivity index (χ4v) is 4.64. The van der Waals surface area contributed by atoms with Crippen molar-refractivity contribution >= 4 is 51.6 Å². The molecule has 0 spiro atoms. The summed E-state index contributed by atoms with van der Waals surface area (Å²) in [5, 5.41) is 3.10. The molecule has 2 aromatic heterocycles. The fourth-order valence-electron chi connectivity index (χ4n) is 4.38. The minimum atomic E-state index is -1.21. The van der Waals surface area contributed by atoms with E-state index >= 15 is 0 Å². The number of hydrogen-bond acceptors (Lipinski definition) is 10. The van der Waals surface area contributed by atoms with Crippen LogP contribution in [0.5, 0.6) is 11.8 Å². The smallest absolute Gasteiger partial charge is 0.320 e. The highest BCUT2D eigenvalue weighted by Crippen LogP contribution is 2.36. The number of fused-ring (bicyclic) bond motifs is 3. The third-order valence-corrected chi connectivity index (χ3v) is 6.84. The molecule has 5 aromatic rings. The van der Waals surface area contributed by atoms with Gasteiger partial charge in [-0.3, -0.25) is 15.3 Å². The van der Waals surface area contributed by atoms with Crippen LogP contribution in [0.4, 0.5) is 5.69 Å². The average molecular weight is 573 g/mol. The van der Waals surface area contributed by atoms with Gasteiger partial charge in [0.15, 0.2) is 40.5 Å². The van der Waals surface area contributed by atoms with E-state index in [1.54, 1.807) is 36.4 Å². The number of para-hydroxylation sites is 1. The summed E-state index contributed by atoms with van der Waals surface area (Å²) in [4.78, 5) is 43.8. The van der Waals surface area contributed by atoms with Gasteiger partial charge in [-0.1, -0.05) is 71.7 Å². The number of benzene rings is 3. The Morgan fingerprint density at radius 1 is 0.825 bits per heavy atom. The number of ether oxygens (including phenoxy) is 2. The highest BCUT2D eigenvalue weighted by molar-refractivity contribution is 6.40. The third-order valence-electron chi connectivity index (χ3n) is 6.21. The molecule has 40 heavy (non-hydrogen) atoms. The molecule has 10 nitrogen and oxygen atoms in total. The highest BCUT2D eigenvalue weighted by atomic mass is 35.5. The van der Waals surface area contributed by atoms with Crippen LogP contribution in [-0.4, -0.2) is 38.2 Å². The Labute approximate surface area is 237 Å². The predicted octanol–water partition coefficient (Wildman–Crippen LogP) is 4.99. The number of carbonyl (C=O) groups excluding carboxylic acids is 2. The van der Waals surface area contributed by atoms with E-state index in [0.717, 1.165) is 0 Å². The van der Waals surface area contributed by atoms with Crippen LogP contribution in [0.25, 0.3) is 11.2 Å². The molecule has 1 unspecified atom stereocenters. The van der Waals surface area contributed by atoms with Crippen molar-refractivity contribution in [3.05, 3.63) is 111 Å². The van der Waals surface area contributed by atoms with Crippen LogP contribution in [0.15, 0.2) is 72.9 Å². The van der Waals surface area contributed by atoms with Crippen LogP contribution in [0.1, 0.15) is 43.6 Å². The van der Waals surface area contributed by atoms with Gasteiger partial charge in [0.1, 0.15) is 11.3 Å². The Morgan fingerprint density at radius 3 is 2.25 bits per heavy atom. The van der Waals surface area contributed by atoms with Gasteiger partial charge in [0, 0.05) is 27.9 Å². The number of nitrogens with two attached hydrogens (primary N) is 1. The zero-order valence-electron chi connectivity index (χ0n) is 20.5. The summed E-state index contributed by atoms with van der Waals surface area (Å²) in [6.45, 7) is 0.0556. The number of nitrogens with one attached hydrogen (secondary N) is 1. The zero-order chi connectivity index (χ0) is 27.8. The number of halogens is 2. The van der Waals surface area contributed by atoms with Crippen molar-refractivity contribution in [3.63, 3.8) is 0 Å². The molecule has 0 bridgehead atoms. The molecule has 0 amide bonds. The van der Waals surface area contributed by atoms with Gasteiger partial charge in [-0.25, -0.2) is 15.0 Å². The maximum Gasteiger partial charge on any atom is 0.320 e. The highest BCUT2D eigenvalue weighted by Gasteiger charge is 2.35. The molecule has 6 rings (SSSR count). The summed E-state index contributed by atoms with van der Waals surface area (Å²) in [7, 11) is 0. The number of ketones is 2. The molecular weight excluding hydrogens is 555 g/mol. The van der Waals surface area contributed by atoms with Crippen molar-refractivity contribution in [2.45, 2.75) is 6.23 Å². The van der Waals surface area contributed by atoms with Crippen molar-refractivity contribution in [2.75, 3.05) is 12.0 Å². The van der Waals surface area contributed by atoms with Gasteiger partial charge in [-0.05, 0) is 18.2 Å². The first kappa shape index (κ1) is 25.6. The maximum absolute atomic E-state index is 13.7. The van der Waals surface area contributed by atoms with Crippen LogP contribution in [0, 0.1) is 0 Å². The molecule has 3 N–H and O–H groups in total. The molecule has 0 saturated heterocycles. The van der Waals surface area contributed by atoms with E-state index < -0.39 is 6.23 Å². The first-order valence-corrected chi connectivity index (χ1v) is 12.7. The van der Waals surface area contributed by atoms with E-state index in [2.05, 4.69) is 25.3 Å². The van der Waals surface area contributed by atoms with Crippen LogP contribution >= 0.6 is 23.2 Å². The summed E-state index contributed by atoms with van der Waals surface area (Å²) < 4.78 is 11.5. The van der Waals surface area contributed by atoms with E-state index in [4.69, 9.17) is 38.4 Å². The average Bonchev–Trinajstić information content (AvgIpc) is 2.97. The monoisotopic (exact) mass is 572 g/mol. The van der Waals surface area contributed by atoms with Crippen molar-refractivity contribution in [3.8, 4) is 11.8 Å². The van der Waals surface area contributed by atoms with Crippen molar-refractivity contribution in [1.82, 2.24) is 19.9 Å². The Morgan fingerprint density at radius 2 is 1.50 bits per heavy atom. The summed E-state index contributed by atoms with van der Waals surface area (Å²) in [6.07, 6.45) is 0.151. The molecule has 0 fully saturated rings. The molecule has 1 aliphatic carbocycles. The number of aromatic nitrogens is 4. The summed E-state index contributed by atoms with van der Waals surface area (Å²) in [5.74, 6) is -0.0453. The normalized spacial score (nSPS) is 13.0. The number of rotatable bonds is 7. The second-order valence-corrected chi connectivity index (χ2v) is 9.36. The lowest BCUT2D eigenvalue weighted by Crippen LogP contribution is -2.28. The van der Waals surface area contributed by atoms with E-state index in [1.165, 1.54) is 6.20 Å². The molecule has 0 aliphatic heterocycles. The number of hydrogen-bond donors (Lipinski definition) is 2. The topological polar surface area (TPSA) is 142 Å². The number of carbonyl (C=O) groups is 2. The minimum absolute atomic E-state index is 0.0149. The Hall–Kier alpha value is -4.64. The molecule has 2 heterocycles. The summed E-state index contributed by atoms with van der Waals surface area (Å²) >= 11 is 11.9. The zero-order valence-corrected chi connectivity index (χ0v) is 22.0. The van der Waals surface area contributed by atoms with Crippen molar-refractivity contribution < 1.29 is 19.1 Å². The van der Waals surface area contributed by atoms with Crippen molar-refractivity contribution in [2.24, 2.45) is 5.73 Å². The molecular formula is C28H18Cl2N6O4. The predicted molar refractivity (Wildman–Crippen MR) is 148 cm³/mol. The number of nitrogens with zero attached hydrogens (tertiary/aromatic N) is 4. The molecule has 0 saturated carbocycles. The van der Waals surface area contributed by atoms with E-state index in [1.807, 2.05) is 30.3 Å². The lowest BCUT2D eigenvalue weighted by molar-refractivity contribution is 0.0975. The van der Waals surface area contributed by atoms with Gasteiger partial charge in [0.05, 0.1) is 11.8 Å². The van der Waals surface area contributed by atoms with Crippen LogP contribution in [0.3, 0.4) is 0 Å². The Balaban J connectivity index is 1.36. The SMILES string of the molecule is NC(Oc1ncc2nc(Cl)c(Cl)nc2n1)c1ccc(NCOc2ccccc2)c2c1C(=O)c1ccccc1C2=O. The second kappa shape index (κ2) is 10.5. The van der Waals surface area contributed by atoms with Crippen molar-refractivity contribution in [1.29, 1.82) is 0 Å². The fraction of sp³-hybridized carbons (Fsp3) is 0.0714. The summed E-state index contributed by atoms with van der Waals surface area (Å²) in [6, 6.07) is 19.0. The first-order valence-electron chi connectivity index (χ1n) is 12.0. The largest absolute Gasteiger partial charge is 0.473 e. The Kier molecular flexibility index (Phi) is 6.72. The lowest BCUT2D eigenvalue weighted by atomic mass is 9.80. The van der Waals surface area contributed by atoms with Crippen LogP contribution < -0.4 is 20.5 Å². The van der Waals surface area contributed by atoms with E-state index in [9.17, 15) is 9.59 Å². The first-order chi connectivity index (χ1) is 19.4. The second-order valence-electron chi connectivity index (χ2n) is 8.64. The van der Waals surface area contributed by atoms with Gasteiger partial charge >= 0.3 is 6.01 Å². The van der Waals surface area contributed by atoms with Gasteiger partial charge in [-0.15, -0.1) is 0 Å². The van der Waals surface area contributed by atoms with Crippen LogP contribution in [0.2, 0.25) is 10.3 Å². The van der Waals surface area contributed by atoms with Gasteiger partial charge < -0.3 is 14.8 Å². The molecule has 3 aromatic carbocycles. The molecule has 198 valence electrons.